The van der Waals surface area contributed by atoms with E-state index >= 15 is 0 Å². The Hall–Kier alpha value is -1.88. The number of urea groups is 1. The molecule has 0 unspecified atom stereocenters. The van der Waals surface area contributed by atoms with Gasteiger partial charge in [-0.1, -0.05) is 6.07 Å². The zero-order chi connectivity index (χ0) is 13.0. The van der Waals surface area contributed by atoms with Gasteiger partial charge in [-0.3, -0.25) is 4.98 Å². The average Bonchev–Trinajstić information content (AvgIpc) is 2.92. The second-order valence-electron chi connectivity index (χ2n) is 3.97. The van der Waals surface area contributed by atoms with Crippen molar-refractivity contribution in [2.45, 2.75) is 13.0 Å². The number of rotatable bonds is 3. The molecule has 0 aromatic carbocycles. The molecule has 0 aliphatic rings. The van der Waals surface area contributed by atoms with Gasteiger partial charge in [0.15, 0.2) is 0 Å². The number of nitrogens with one attached hydrogen (secondary N) is 1. The zero-order valence-electron chi connectivity index (χ0n) is 10.3. The lowest BCUT2D eigenvalue weighted by molar-refractivity contribution is 0.209. The first kappa shape index (κ1) is 12.6. The second-order valence-corrected chi connectivity index (χ2v) is 4.95. The lowest BCUT2D eigenvalue weighted by atomic mass is 10.2. The van der Waals surface area contributed by atoms with Crippen molar-refractivity contribution in [1.82, 2.24) is 9.88 Å². The van der Waals surface area contributed by atoms with E-state index in [-0.39, 0.29) is 12.1 Å². The number of thiophene rings is 1. The first-order valence-electron chi connectivity index (χ1n) is 5.65. The van der Waals surface area contributed by atoms with E-state index in [1.165, 1.54) is 4.88 Å². The van der Waals surface area contributed by atoms with Crippen molar-refractivity contribution in [2.24, 2.45) is 0 Å². The number of anilines is 1. The number of carbonyl (C=O) groups excluding carboxylic acids is 1. The minimum Gasteiger partial charge on any atom is -0.320 e. The molecule has 94 valence electrons. The maximum absolute atomic E-state index is 12.0. The van der Waals surface area contributed by atoms with Crippen LogP contribution >= 0.6 is 11.3 Å². The van der Waals surface area contributed by atoms with Crippen LogP contribution in [0, 0.1) is 0 Å². The highest BCUT2D eigenvalue weighted by Gasteiger charge is 2.17. The molecule has 2 aromatic heterocycles. The molecule has 2 aromatic rings. The molecule has 4 nitrogen and oxygen atoms in total. The van der Waals surface area contributed by atoms with Crippen molar-refractivity contribution in [3.05, 3.63) is 46.9 Å². The van der Waals surface area contributed by atoms with Crippen LogP contribution in [0.2, 0.25) is 0 Å². The molecule has 2 amide bonds. The summed E-state index contributed by atoms with van der Waals surface area (Å²) in [7, 11) is 1.79. The van der Waals surface area contributed by atoms with Crippen LogP contribution in [0.1, 0.15) is 17.8 Å². The fourth-order valence-electron chi connectivity index (χ4n) is 1.54. The lowest BCUT2D eigenvalue weighted by Crippen LogP contribution is -2.33. The summed E-state index contributed by atoms with van der Waals surface area (Å²) in [6, 6.07) is 7.55. The smallest absolute Gasteiger partial charge is 0.320 e. The van der Waals surface area contributed by atoms with Gasteiger partial charge in [-0.2, -0.15) is 0 Å². The number of hydrogen-bond acceptors (Lipinski definition) is 3. The number of carbonyl (C=O) groups is 1. The van der Waals surface area contributed by atoms with E-state index in [0.29, 0.717) is 5.69 Å². The van der Waals surface area contributed by atoms with E-state index in [2.05, 4.69) is 10.3 Å². The standard InChI is InChI=1S/C13H15N3OS/c1-10(12-6-4-8-18-12)16(2)13(17)15-11-5-3-7-14-9-11/h3-10H,1-2H3,(H,15,17)/t10-/m1/s1. The molecule has 18 heavy (non-hydrogen) atoms. The van der Waals surface area contributed by atoms with E-state index in [1.54, 1.807) is 41.7 Å². The summed E-state index contributed by atoms with van der Waals surface area (Å²) in [4.78, 5) is 18.8. The molecule has 5 heteroatoms. The maximum Gasteiger partial charge on any atom is 0.322 e. The molecule has 0 bridgehead atoms. The summed E-state index contributed by atoms with van der Waals surface area (Å²) in [5, 5.41) is 4.83. The molecule has 0 aliphatic heterocycles. The Morgan fingerprint density at radius 3 is 2.89 bits per heavy atom. The van der Waals surface area contributed by atoms with Crippen LogP contribution in [-0.2, 0) is 0 Å². The number of hydrogen-bond donors (Lipinski definition) is 1. The van der Waals surface area contributed by atoms with Crippen LogP contribution in [-0.4, -0.2) is 23.0 Å². The van der Waals surface area contributed by atoms with E-state index in [0.717, 1.165) is 0 Å². The molecule has 0 spiro atoms. The molecule has 0 saturated carbocycles. The number of amides is 2. The molecule has 2 heterocycles. The van der Waals surface area contributed by atoms with Gasteiger partial charge in [-0.05, 0) is 30.5 Å². The van der Waals surface area contributed by atoms with Gasteiger partial charge in [0.05, 0.1) is 17.9 Å². The Labute approximate surface area is 110 Å². The lowest BCUT2D eigenvalue weighted by Gasteiger charge is -2.24. The molecular formula is C13H15N3OS. The van der Waals surface area contributed by atoms with Gasteiger partial charge in [0.1, 0.15) is 0 Å². The van der Waals surface area contributed by atoms with Gasteiger partial charge >= 0.3 is 6.03 Å². The molecule has 0 fully saturated rings. The van der Waals surface area contributed by atoms with Crippen LogP contribution < -0.4 is 5.32 Å². The Kier molecular flexibility index (Phi) is 3.94. The predicted molar refractivity (Wildman–Crippen MR) is 73.8 cm³/mol. The van der Waals surface area contributed by atoms with E-state index in [9.17, 15) is 4.79 Å². The van der Waals surface area contributed by atoms with Crippen molar-refractivity contribution >= 4 is 23.1 Å². The van der Waals surface area contributed by atoms with E-state index in [1.807, 2.05) is 30.5 Å². The van der Waals surface area contributed by atoms with Gasteiger partial charge in [0, 0.05) is 18.1 Å². The number of pyridine rings is 1. The average molecular weight is 261 g/mol. The Morgan fingerprint density at radius 1 is 1.44 bits per heavy atom. The van der Waals surface area contributed by atoms with Gasteiger partial charge in [-0.25, -0.2) is 4.79 Å². The topological polar surface area (TPSA) is 45.2 Å². The Bertz CT molecular complexity index is 498. The van der Waals surface area contributed by atoms with Crippen LogP contribution in [0.5, 0.6) is 0 Å². The third kappa shape index (κ3) is 2.87. The molecule has 0 saturated heterocycles. The largest absolute Gasteiger partial charge is 0.322 e. The number of aromatic nitrogens is 1. The van der Waals surface area contributed by atoms with Crippen molar-refractivity contribution in [1.29, 1.82) is 0 Å². The maximum atomic E-state index is 12.0. The van der Waals surface area contributed by atoms with Crippen molar-refractivity contribution in [3.8, 4) is 0 Å². The molecule has 0 radical (unpaired) electrons. The normalized spacial score (nSPS) is 11.9. The van der Waals surface area contributed by atoms with Gasteiger partial charge in [0.25, 0.3) is 0 Å². The Balaban J connectivity index is 2.01. The highest BCUT2D eigenvalue weighted by Crippen LogP contribution is 2.23. The van der Waals surface area contributed by atoms with Crippen molar-refractivity contribution < 1.29 is 4.79 Å². The third-order valence-electron chi connectivity index (χ3n) is 2.77. The molecule has 2 rings (SSSR count). The highest BCUT2D eigenvalue weighted by atomic mass is 32.1. The minimum absolute atomic E-state index is 0.0571. The number of nitrogens with zero attached hydrogens (tertiary/aromatic N) is 2. The first-order chi connectivity index (χ1) is 8.68. The Morgan fingerprint density at radius 2 is 2.28 bits per heavy atom. The summed E-state index contributed by atoms with van der Waals surface area (Å²) in [5.74, 6) is 0. The fourth-order valence-corrected chi connectivity index (χ4v) is 2.37. The van der Waals surface area contributed by atoms with E-state index in [4.69, 9.17) is 0 Å². The summed E-state index contributed by atoms with van der Waals surface area (Å²) in [6.45, 7) is 2.01. The minimum atomic E-state index is -0.135. The summed E-state index contributed by atoms with van der Waals surface area (Å²) in [5.41, 5.74) is 0.702. The first-order valence-corrected chi connectivity index (χ1v) is 6.53. The van der Waals surface area contributed by atoms with Gasteiger partial charge in [0.2, 0.25) is 0 Å². The van der Waals surface area contributed by atoms with Crippen LogP contribution in [0.15, 0.2) is 42.0 Å². The van der Waals surface area contributed by atoms with Gasteiger partial charge in [-0.15, -0.1) is 11.3 Å². The molecule has 1 atom stereocenters. The third-order valence-corrected chi connectivity index (χ3v) is 3.81. The van der Waals surface area contributed by atoms with Gasteiger partial charge < -0.3 is 10.2 Å². The molecule has 0 aliphatic carbocycles. The second kappa shape index (κ2) is 5.64. The van der Waals surface area contributed by atoms with E-state index < -0.39 is 0 Å². The fraction of sp³-hybridized carbons (Fsp3) is 0.231. The van der Waals surface area contributed by atoms with Crippen LogP contribution in [0.3, 0.4) is 0 Å². The zero-order valence-corrected chi connectivity index (χ0v) is 11.1. The SMILES string of the molecule is C[C@H](c1cccs1)N(C)C(=O)Nc1cccnc1. The summed E-state index contributed by atoms with van der Waals surface area (Å²) >= 11 is 1.65. The molecular weight excluding hydrogens is 246 g/mol. The monoisotopic (exact) mass is 261 g/mol. The van der Waals surface area contributed by atoms with Crippen molar-refractivity contribution in [3.63, 3.8) is 0 Å². The quantitative estimate of drug-likeness (QED) is 0.920. The van der Waals surface area contributed by atoms with Crippen molar-refractivity contribution in [2.75, 3.05) is 12.4 Å². The van der Waals surface area contributed by atoms with Crippen LogP contribution in [0.25, 0.3) is 0 Å². The highest BCUT2D eigenvalue weighted by molar-refractivity contribution is 7.10. The summed E-state index contributed by atoms with van der Waals surface area (Å²) < 4.78 is 0. The van der Waals surface area contributed by atoms with Crippen LogP contribution in [0.4, 0.5) is 10.5 Å². The molecule has 1 N–H and O–H groups in total. The summed E-state index contributed by atoms with van der Waals surface area (Å²) in [6.07, 6.45) is 3.30. The predicted octanol–water partition coefficient (Wildman–Crippen LogP) is 3.37.